The Morgan fingerprint density at radius 1 is 1.47 bits per heavy atom. The molecule has 0 radical (unpaired) electrons. The molecular formula is C13H24N4. The van der Waals surface area contributed by atoms with Gasteiger partial charge in [0, 0.05) is 44.0 Å². The molecule has 2 N–H and O–H groups in total. The van der Waals surface area contributed by atoms with Crippen LogP contribution in [0.5, 0.6) is 0 Å². The largest absolute Gasteiger partial charge is 0.323 e. The van der Waals surface area contributed by atoms with Crippen molar-refractivity contribution in [1.82, 2.24) is 14.7 Å². The van der Waals surface area contributed by atoms with Crippen molar-refractivity contribution in [3.05, 3.63) is 18.0 Å². The van der Waals surface area contributed by atoms with Gasteiger partial charge in [-0.15, -0.1) is 0 Å². The van der Waals surface area contributed by atoms with Gasteiger partial charge in [0.25, 0.3) is 0 Å². The second-order valence-electron chi connectivity index (χ2n) is 5.63. The van der Waals surface area contributed by atoms with E-state index in [9.17, 15) is 0 Å². The van der Waals surface area contributed by atoms with Crippen LogP contribution in [0.1, 0.15) is 38.3 Å². The fourth-order valence-electron chi connectivity index (χ4n) is 2.27. The molecule has 0 aliphatic heterocycles. The molecule has 17 heavy (non-hydrogen) atoms. The zero-order valence-electron chi connectivity index (χ0n) is 11.1. The maximum absolute atomic E-state index is 6.26. The zero-order chi connectivity index (χ0) is 12.4. The second kappa shape index (κ2) is 5.19. The quantitative estimate of drug-likeness (QED) is 0.815. The maximum atomic E-state index is 6.26. The molecule has 1 unspecified atom stereocenters. The SMILES string of the molecule is CC(C)CN(CC(N)c1cnn(C)c1)C1CC1. The van der Waals surface area contributed by atoms with Crippen LogP contribution in [0.4, 0.5) is 0 Å². The molecule has 1 aromatic heterocycles. The fourth-order valence-corrected chi connectivity index (χ4v) is 2.27. The summed E-state index contributed by atoms with van der Waals surface area (Å²) in [5.74, 6) is 0.705. The lowest BCUT2D eigenvalue weighted by Gasteiger charge is -2.26. The predicted molar refractivity (Wildman–Crippen MR) is 69.6 cm³/mol. The normalized spacial score (nSPS) is 18.0. The van der Waals surface area contributed by atoms with Crippen LogP contribution in [0.15, 0.2) is 12.4 Å². The Labute approximate surface area is 104 Å². The van der Waals surface area contributed by atoms with Gasteiger partial charge in [0.05, 0.1) is 6.20 Å². The summed E-state index contributed by atoms with van der Waals surface area (Å²) in [6.07, 6.45) is 6.58. The topological polar surface area (TPSA) is 47.1 Å². The van der Waals surface area contributed by atoms with Crippen LogP contribution in [0.3, 0.4) is 0 Å². The summed E-state index contributed by atoms with van der Waals surface area (Å²) in [6.45, 7) is 6.64. The van der Waals surface area contributed by atoms with Gasteiger partial charge in [-0.3, -0.25) is 9.58 Å². The average molecular weight is 236 g/mol. The van der Waals surface area contributed by atoms with Crippen molar-refractivity contribution in [2.24, 2.45) is 18.7 Å². The Morgan fingerprint density at radius 3 is 2.65 bits per heavy atom. The summed E-state index contributed by atoms with van der Waals surface area (Å²) in [4.78, 5) is 2.54. The molecule has 0 amide bonds. The van der Waals surface area contributed by atoms with Gasteiger partial charge >= 0.3 is 0 Å². The van der Waals surface area contributed by atoms with Crippen LogP contribution in [0.2, 0.25) is 0 Å². The standard InChI is InChI=1S/C13H24N4/c1-10(2)7-17(12-4-5-12)9-13(14)11-6-15-16(3)8-11/h6,8,10,12-13H,4-5,7,9,14H2,1-3H3. The molecule has 1 aromatic rings. The van der Waals surface area contributed by atoms with Gasteiger partial charge < -0.3 is 5.73 Å². The molecule has 1 fully saturated rings. The van der Waals surface area contributed by atoms with Crippen molar-refractivity contribution < 1.29 is 0 Å². The van der Waals surface area contributed by atoms with Crippen LogP contribution in [0.25, 0.3) is 0 Å². The van der Waals surface area contributed by atoms with E-state index in [2.05, 4.69) is 23.8 Å². The summed E-state index contributed by atoms with van der Waals surface area (Å²) in [5, 5.41) is 4.18. The first-order valence-corrected chi connectivity index (χ1v) is 6.54. The highest BCUT2D eigenvalue weighted by Crippen LogP contribution is 2.28. The van der Waals surface area contributed by atoms with Crippen molar-refractivity contribution in [3.8, 4) is 0 Å². The van der Waals surface area contributed by atoms with Crippen LogP contribution in [-0.4, -0.2) is 33.8 Å². The number of nitrogens with zero attached hydrogens (tertiary/aromatic N) is 3. The molecule has 0 bridgehead atoms. The van der Waals surface area contributed by atoms with E-state index in [0.29, 0.717) is 5.92 Å². The van der Waals surface area contributed by atoms with Gasteiger partial charge in [-0.05, 0) is 18.8 Å². The van der Waals surface area contributed by atoms with Gasteiger partial charge in [0.1, 0.15) is 0 Å². The van der Waals surface area contributed by atoms with Gasteiger partial charge in [0.2, 0.25) is 0 Å². The number of aromatic nitrogens is 2. The van der Waals surface area contributed by atoms with E-state index >= 15 is 0 Å². The van der Waals surface area contributed by atoms with Crippen LogP contribution in [0, 0.1) is 5.92 Å². The molecule has 1 atom stereocenters. The Kier molecular flexibility index (Phi) is 3.84. The molecule has 1 aliphatic carbocycles. The molecular weight excluding hydrogens is 212 g/mol. The van der Waals surface area contributed by atoms with Crippen molar-refractivity contribution in [3.63, 3.8) is 0 Å². The highest BCUT2D eigenvalue weighted by molar-refractivity contribution is 5.10. The van der Waals surface area contributed by atoms with Crippen molar-refractivity contribution in [2.75, 3.05) is 13.1 Å². The van der Waals surface area contributed by atoms with Gasteiger partial charge in [-0.1, -0.05) is 13.8 Å². The van der Waals surface area contributed by atoms with E-state index in [-0.39, 0.29) is 6.04 Å². The molecule has 0 saturated heterocycles. The summed E-state index contributed by atoms with van der Waals surface area (Å²) >= 11 is 0. The lowest BCUT2D eigenvalue weighted by Crippen LogP contribution is -2.36. The highest BCUT2D eigenvalue weighted by Gasteiger charge is 2.30. The van der Waals surface area contributed by atoms with Crippen molar-refractivity contribution >= 4 is 0 Å². The first kappa shape index (κ1) is 12.6. The van der Waals surface area contributed by atoms with E-state index in [1.165, 1.54) is 12.8 Å². The van der Waals surface area contributed by atoms with E-state index < -0.39 is 0 Å². The van der Waals surface area contributed by atoms with E-state index in [0.717, 1.165) is 24.7 Å². The third kappa shape index (κ3) is 3.54. The van der Waals surface area contributed by atoms with Crippen LogP contribution >= 0.6 is 0 Å². The third-order valence-electron chi connectivity index (χ3n) is 3.25. The molecule has 1 aliphatic rings. The summed E-state index contributed by atoms with van der Waals surface area (Å²) in [5.41, 5.74) is 7.40. The predicted octanol–water partition coefficient (Wildman–Crippen LogP) is 1.54. The fraction of sp³-hybridized carbons (Fsp3) is 0.769. The third-order valence-corrected chi connectivity index (χ3v) is 3.25. The minimum absolute atomic E-state index is 0.0862. The lowest BCUT2D eigenvalue weighted by atomic mass is 10.1. The first-order chi connectivity index (χ1) is 8.06. The lowest BCUT2D eigenvalue weighted by molar-refractivity contribution is 0.221. The molecule has 96 valence electrons. The number of rotatable bonds is 6. The van der Waals surface area contributed by atoms with Crippen LogP contribution < -0.4 is 5.73 Å². The molecule has 1 heterocycles. The molecule has 2 rings (SSSR count). The first-order valence-electron chi connectivity index (χ1n) is 6.54. The monoisotopic (exact) mass is 236 g/mol. The Hall–Kier alpha value is -0.870. The number of hydrogen-bond donors (Lipinski definition) is 1. The number of nitrogens with two attached hydrogens (primary N) is 1. The number of aryl methyl sites for hydroxylation is 1. The van der Waals surface area contributed by atoms with Crippen LogP contribution in [-0.2, 0) is 7.05 Å². The Morgan fingerprint density at radius 2 is 2.18 bits per heavy atom. The molecule has 4 heteroatoms. The van der Waals surface area contributed by atoms with Gasteiger partial charge in [-0.2, -0.15) is 5.10 Å². The smallest absolute Gasteiger partial charge is 0.0537 e. The van der Waals surface area contributed by atoms with E-state index in [4.69, 9.17) is 5.73 Å². The maximum Gasteiger partial charge on any atom is 0.0537 e. The summed E-state index contributed by atoms with van der Waals surface area (Å²) in [6, 6.07) is 0.864. The second-order valence-corrected chi connectivity index (χ2v) is 5.63. The van der Waals surface area contributed by atoms with E-state index in [1.54, 1.807) is 0 Å². The highest BCUT2D eigenvalue weighted by atomic mass is 15.2. The number of hydrogen-bond acceptors (Lipinski definition) is 3. The summed E-state index contributed by atoms with van der Waals surface area (Å²) < 4.78 is 1.82. The average Bonchev–Trinajstić information content (AvgIpc) is 2.99. The van der Waals surface area contributed by atoms with Gasteiger partial charge in [-0.25, -0.2) is 0 Å². The minimum Gasteiger partial charge on any atom is -0.323 e. The Balaban J connectivity index is 1.92. The minimum atomic E-state index is 0.0862. The Bertz CT molecular complexity index is 354. The molecule has 0 spiro atoms. The van der Waals surface area contributed by atoms with Crippen molar-refractivity contribution in [2.45, 2.75) is 38.8 Å². The molecule has 1 saturated carbocycles. The van der Waals surface area contributed by atoms with Gasteiger partial charge in [0.15, 0.2) is 0 Å². The van der Waals surface area contributed by atoms with Crippen molar-refractivity contribution in [1.29, 1.82) is 0 Å². The zero-order valence-corrected chi connectivity index (χ0v) is 11.1. The summed E-state index contributed by atoms with van der Waals surface area (Å²) in [7, 11) is 1.93. The van der Waals surface area contributed by atoms with E-state index in [1.807, 2.05) is 24.1 Å². The molecule has 0 aromatic carbocycles. The molecule has 4 nitrogen and oxygen atoms in total.